The predicted molar refractivity (Wildman–Crippen MR) is 90.0 cm³/mol. The first-order chi connectivity index (χ1) is 11.7. The van der Waals surface area contributed by atoms with Gasteiger partial charge in [-0.25, -0.2) is 4.79 Å². The van der Waals surface area contributed by atoms with Gasteiger partial charge in [-0.05, 0) is 12.3 Å². The Hall–Kier alpha value is -0.890. The smallest absolute Gasteiger partial charge is 0.317 e. The maximum Gasteiger partial charge on any atom is 0.317 e. The van der Waals surface area contributed by atoms with E-state index in [2.05, 4.69) is 17.1 Å². The fourth-order valence-electron chi connectivity index (χ4n) is 4.08. The predicted octanol–water partition coefficient (Wildman–Crippen LogP) is 0.400. The van der Waals surface area contributed by atoms with Crippen LogP contribution in [-0.2, 0) is 14.2 Å². The number of carbonyl (C=O) groups excluding carboxylic acids is 1. The molecule has 7 nitrogen and oxygen atoms in total. The number of morpholine rings is 1. The fourth-order valence-corrected chi connectivity index (χ4v) is 4.08. The van der Waals surface area contributed by atoms with Gasteiger partial charge in [-0.3, -0.25) is 4.90 Å². The monoisotopic (exact) mass is 341 g/mol. The van der Waals surface area contributed by atoms with Crippen molar-refractivity contribution in [2.75, 3.05) is 66.3 Å². The summed E-state index contributed by atoms with van der Waals surface area (Å²) >= 11 is 0. The van der Waals surface area contributed by atoms with Crippen LogP contribution in [0.2, 0.25) is 0 Å². The van der Waals surface area contributed by atoms with Crippen LogP contribution in [-0.4, -0.2) is 94.2 Å². The molecule has 0 aromatic rings. The summed E-state index contributed by atoms with van der Waals surface area (Å²) in [6, 6.07) is 0.508. The highest BCUT2D eigenvalue weighted by Gasteiger charge is 2.37. The second kappa shape index (κ2) is 8.47. The van der Waals surface area contributed by atoms with E-state index in [1.165, 1.54) is 0 Å². The van der Waals surface area contributed by atoms with E-state index >= 15 is 0 Å². The van der Waals surface area contributed by atoms with E-state index in [-0.39, 0.29) is 12.1 Å². The number of nitrogens with one attached hydrogen (secondary N) is 1. The van der Waals surface area contributed by atoms with Gasteiger partial charge in [-0.15, -0.1) is 0 Å². The Morgan fingerprint density at radius 1 is 1.21 bits per heavy atom. The molecule has 4 atom stereocenters. The molecule has 0 aliphatic carbocycles. The molecule has 0 aromatic heterocycles. The fraction of sp³-hybridized carbons (Fsp3) is 0.941. The molecule has 4 unspecified atom stereocenters. The van der Waals surface area contributed by atoms with Gasteiger partial charge >= 0.3 is 6.03 Å². The number of carbonyl (C=O) groups is 1. The van der Waals surface area contributed by atoms with Gasteiger partial charge in [0, 0.05) is 58.4 Å². The number of urea groups is 1. The van der Waals surface area contributed by atoms with Crippen LogP contribution in [0.5, 0.6) is 0 Å². The van der Waals surface area contributed by atoms with Crippen LogP contribution in [0.15, 0.2) is 0 Å². The molecule has 0 aromatic carbocycles. The SMILES string of the molecule is COC1COCCC1CNC(=O)N1CC(C)C(N2CCOCC2)C1. The quantitative estimate of drug-likeness (QED) is 0.802. The number of amides is 2. The summed E-state index contributed by atoms with van der Waals surface area (Å²) < 4.78 is 16.3. The van der Waals surface area contributed by atoms with Crippen LogP contribution in [0.1, 0.15) is 13.3 Å². The zero-order chi connectivity index (χ0) is 16.9. The highest BCUT2D eigenvalue weighted by Crippen LogP contribution is 2.23. The summed E-state index contributed by atoms with van der Waals surface area (Å²) in [6.07, 6.45) is 1.02. The Morgan fingerprint density at radius 3 is 2.75 bits per heavy atom. The van der Waals surface area contributed by atoms with E-state index in [0.717, 1.165) is 52.4 Å². The highest BCUT2D eigenvalue weighted by atomic mass is 16.5. The summed E-state index contributed by atoms with van der Waals surface area (Å²) in [7, 11) is 1.71. The minimum absolute atomic E-state index is 0.0546. The minimum Gasteiger partial charge on any atom is -0.379 e. The maximum absolute atomic E-state index is 12.6. The molecular formula is C17H31N3O4. The molecule has 3 saturated heterocycles. The van der Waals surface area contributed by atoms with Gasteiger partial charge in [0.05, 0.1) is 25.9 Å². The first kappa shape index (κ1) is 17.9. The standard InChI is InChI=1S/C17H31N3O4/c1-13-10-20(11-15(13)19-4-7-23-8-5-19)17(21)18-9-14-3-6-24-12-16(14)22-2/h13-16H,3-12H2,1-2H3,(H,18,21). The number of hydrogen-bond acceptors (Lipinski definition) is 5. The van der Waals surface area contributed by atoms with Gasteiger partial charge < -0.3 is 24.4 Å². The van der Waals surface area contributed by atoms with Crippen molar-refractivity contribution in [1.29, 1.82) is 0 Å². The van der Waals surface area contributed by atoms with E-state index in [0.29, 0.717) is 31.0 Å². The van der Waals surface area contributed by atoms with Crippen molar-refractivity contribution < 1.29 is 19.0 Å². The van der Waals surface area contributed by atoms with Crippen molar-refractivity contribution in [3.63, 3.8) is 0 Å². The zero-order valence-corrected chi connectivity index (χ0v) is 14.9. The molecule has 3 heterocycles. The summed E-state index contributed by atoms with van der Waals surface area (Å²) in [5, 5.41) is 3.11. The Morgan fingerprint density at radius 2 is 2.00 bits per heavy atom. The summed E-state index contributed by atoms with van der Waals surface area (Å²) in [6.45, 7) is 9.47. The number of rotatable bonds is 4. The normalized spacial score (nSPS) is 35.2. The van der Waals surface area contributed by atoms with Gasteiger partial charge in [0.15, 0.2) is 0 Å². The molecule has 3 rings (SSSR count). The summed E-state index contributed by atoms with van der Waals surface area (Å²) in [5.41, 5.74) is 0. The average molecular weight is 341 g/mol. The molecule has 0 spiro atoms. The number of hydrogen-bond donors (Lipinski definition) is 1. The third-order valence-electron chi connectivity index (χ3n) is 5.63. The summed E-state index contributed by atoms with van der Waals surface area (Å²) in [4.78, 5) is 17.0. The number of methoxy groups -OCH3 is 1. The first-order valence-electron chi connectivity index (χ1n) is 9.14. The largest absolute Gasteiger partial charge is 0.379 e. The van der Waals surface area contributed by atoms with Crippen molar-refractivity contribution in [2.45, 2.75) is 25.5 Å². The Kier molecular flexibility index (Phi) is 6.32. The van der Waals surface area contributed by atoms with Crippen molar-refractivity contribution in [3.05, 3.63) is 0 Å². The highest BCUT2D eigenvalue weighted by molar-refractivity contribution is 5.74. The van der Waals surface area contributed by atoms with Gasteiger partial charge in [0.1, 0.15) is 0 Å². The first-order valence-corrected chi connectivity index (χ1v) is 9.14. The topological polar surface area (TPSA) is 63.3 Å². The number of ether oxygens (including phenoxy) is 3. The minimum atomic E-state index is 0.0546. The molecule has 2 amide bonds. The van der Waals surface area contributed by atoms with Crippen LogP contribution in [0.4, 0.5) is 4.79 Å². The van der Waals surface area contributed by atoms with Crippen LogP contribution < -0.4 is 5.32 Å². The lowest BCUT2D eigenvalue weighted by molar-refractivity contribution is -0.0640. The molecule has 3 aliphatic rings. The molecule has 3 aliphatic heterocycles. The average Bonchev–Trinajstić information content (AvgIpc) is 3.02. The maximum atomic E-state index is 12.6. The molecule has 138 valence electrons. The van der Waals surface area contributed by atoms with Crippen LogP contribution in [0, 0.1) is 11.8 Å². The molecule has 1 N–H and O–H groups in total. The molecule has 7 heteroatoms. The second-order valence-corrected chi connectivity index (χ2v) is 7.18. The van der Waals surface area contributed by atoms with Crippen molar-refractivity contribution >= 4 is 6.03 Å². The Labute approximate surface area is 144 Å². The van der Waals surface area contributed by atoms with Gasteiger partial charge in [-0.1, -0.05) is 6.92 Å². The van der Waals surface area contributed by atoms with Crippen LogP contribution in [0.25, 0.3) is 0 Å². The van der Waals surface area contributed by atoms with E-state index in [4.69, 9.17) is 14.2 Å². The van der Waals surface area contributed by atoms with Crippen LogP contribution in [0.3, 0.4) is 0 Å². The third-order valence-corrected chi connectivity index (χ3v) is 5.63. The lowest BCUT2D eigenvalue weighted by Crippen LogP contribution is -2.48. The third kappa shape index (κ3) is 4.20. The second-order valence-electron chi connectivity index (χ2n) is 7.18. The van der Waals surface area contributed by atoms with E-state index < -0.39 is 0 Å². The summed E-state index contributed by atoms with van der Waals surface area (Å²) in [5.74, 6) is 0.839. The van der Waals surface area contributed by atoms with Gasteiger partial charge in [-0.2, -0.15) is 0 Å². The van der Waals surface area contributed by atoms with E-state index in [9.17, 15) is 4.79 Å². The lowest BCUT2D eigenvalue weighted by atomic mass is 9.97. The van der Waals surface area contributed by atoms with Crippen molar-refractivity contribution in [2.24, 2.45) is 11.8 Å². The Balaban J connectivity index is 1.47. The van der Waals surface area contributed by atoms with Crippen molar-refractivity contribution in [3.8, 4) is 0 Å². The Bertz CT molecular complexity index is 417. The molecular weight excluding hydrogens is 310 g/mol. The number of likely N-dealkylation sites (tertiary alicyclic amines) is 1. The van der Waals surface area contributed by atoms with Gasteiger partial charge in [0.2, 0.25) is 0 Å². The van der Waals surface area contributed by atoms with Crippen molar-refractivity contribution in [1.82, 2.24) is 15.1 Å². The number of nitrogens with zero attached hydrogens (tertiary/aromatic N) is 2. The lowest BCUT2D eigenvalue weighted by Gasteiger charge is -2.34. The van der Waals surface area contributed by atoms with E-state index in [1.54, 1.807) is 7.11 Å². The van der Waals surface area contributed by atoms with E-state index in [1.807, 2.05) is 4.90 Å². The zero-order valence-electron chi connectivity index (χ0n) is 14.9. The molecule has 0 saturated carbocycles. The molecule has 0 radical (unpaired) electrons. The van der Waals surface area contributed by atoms with Crippen LogP contribution >= 0.6 is 0 Å². The molecule has 3 fully saturated rings. The molecule has 24 heavy (non-hydrogen) atoms. The molecule has 0 bridgehead atoms. The van der Waals surface area contributed by atoms with Gasteiger partial charge in [0.25, 0.3) is 0 Å².